The molecule has 1 aliphatic heterocycles. The van der Waals surface area contributed by atoms with Crippen LogP contribution in [0.5, 0.6) is 0 Å². The first-order valence-corrected chi connectivity index (χ1v) is 6.18. The van der Waals surface area contributed by atoms with Crippen LogP contribution in [0.15, 0.2) is 6.20 Å². The van der Waals surface area contributed by atoms with Crippen LogP contribution in [0, 0.1) is 6.92 Å². The molecule has 1 aromatic rings. The molecule has 0 radical (unpaired) electrons. The van der Waals surface area contributed by atoms with Crippen molar-refractivity contribution in [1.82, 2.24) is 20.4 Å². The number of nitrogens with zero attached hydrogens (tertiary/aromatic N) is 2. The molecular weight excluding hydrogens is 252 g/mol. The number of hydrogen-bond donors (Lipinski definition) is 2. The molecule has 2 heterocycles. The molecule has 1 atom stereocenters. The highest BCUT2D eigenvalue weighted by Crippen LogP contribution is 2.15. The highest BCUT2D eigenvalue weighted by Gasteiger charge is 2.23. The maximum Gasteiger partial charge on any atom is 0.257 e. The maximum absolute atomic E-state index is 12.3. The van der Waals surface area contributed by atoms with Crippen LogP contribution in [0.2, 0.25) is 0 Å². The molecule has 0 spiro atoms. The molecule has 1 aliphatic rings. The summed E-state index contributed by atoms with van der Waals surface area (Å²) < 4.78 is 0. The number of H-pyrrole nitrogens is 1. The Kier molecular flexibility index (Phi) is 5.62. The van der Waals surface area contributed by atoms with Gasteiger partial charge in [0, 0.05) is 18.8 Å². The molecule has 2 N–H and O–H groups in total. The summed E-state index contributed by atoms with van der Waals surface area (Å²) in [6.45, 7) is 3.93. The number of aromatic nitrogens is 2. The lowest BCUT2D eigenvalue weighted by Crippen LogP contribution is -2.37. The van der Waals surface area contributed by atoms with Gasteiger partial charge in [0.15, 0.2) is 0 Å². The number of carbonyl (C=O) groups is 1. The highest BCUT2D eigenvalue weighted by molar-refractivity contribution is 5.95. The lowest BCUT2D eigenvalue weighted by molar-refractivity contribution is 0.0720. The summed E-state index contributed by atoms with van der Waals surface area (Å²) in [6, 6.07) is 0.340. The molecule has 6 heteroatoms. The van der Waals surface area contributed by atoms with E-state index in [1.54, 1.807) is 6.20 Å². The number of aromatic amines is 1. The first kappa shape index (κ1) is 15.0. The lowest BCUT2D eigenvalue weighted by Gasteiger charge is -2.26. The number of amides is 1. The molecule has 1 fully saturated rings. The monoisotopic (exact) mass is 272 g/mol. The molecule has 0 aliphatic carbocycles. The van der Waals surface area contributed by atoms with E-state index in [1.807, 2.05) is 18.9 Å². The quantitative estimate of drug-likeness (QED) is 0.854. The van der Waals surface area contributed by atoms with E-state index in [0.717, 1.165) is 38.0 Å². The van der Waals surface area contributed by atoms with Gasteiger partial charge in [-0.15, -0.1) is 12.4 Å². The van der Waals surface area contributed by atoms with Gasteiger partial charge in [0.1, 0.15) is 0 Å². The lowest BCUT2D eigenvalue weighted by atomic mass is 10.1. The number of rotatable bonds is 2. The second kappa shape index (κ2) is 6.75. The summed E-state index contributed by atoms with van der Waals surface area (Å²) in [5.41, 5.74) is 1.53. The second-order valence-corrected chi connectivity index (χ2v) is 4.66. The van der Waals surface area contributed by atoms with Crippen LogP contribution in [-0.4, -0.2) is 47.2 Å². The van der Waals surface area contributed by atoms with E-state index in [4.69, 9.17) is 0 Å². The average molecular weight is 273 g/mol. The van der Waals surface area contributed by atoms with Gasteiger partial charge in [-0.05, 0) is 39.3 Å². The van der Waals surface area contributed by atoms with E-state index in [1.165, 1.54) is 0 Å². The van der Waals surface area contributed by atoms with Gasteiger partial charge in [-0.1, -0.05) is 0 Å². The molecule has 1 aromatic heterocycles. The van der Waals surface area contributed by atoms with Gasteiger partial charge in [0.2, 0.25) is 0 Å². The van der Waals surface area contributed by atoms with Crippen molar-refractivity contribution in [3.05, 3.63) is 17.5 Å². The Morgan fingerprint density at radius 2 is 2.22 bits per heavy atom. The van der Waals surface area contributed by atoms with E-state index in [0.29, 0.717) is 11.6 Å². The second-order valence-electron chi connectivity index (χ2n) is 4.66. The third kappa shape index (κ3) is 3.23. The van der Waals surface area contributed by atoms with Crippen molar-refractivity contribution in [1.29, 1.82) is 0 Å². The third-order valence-corrected chi connectivity index (χ3v) is 3.47. The molecule has 0 aromatic carbocycles. The largest absolute Gasteiger partial charge is 0.339 e. The van der Waals surface area contributed by atoms with Crippen LogP contribution in [0.1, 0.15) is 35.3 Å². The topological polar surface area (TPSA) is 61.0 Å². The molecule has 0 saturated carbocycles. The van der Waals surface area contributed by atoms with Gasteiger partial charge in [-0.25, -0.2) is 0 Å². The van der Waals surface area contributed by atoms with E-state index in [9.17, 15) is 4.79 Å². The van der Waals surface area contributed by atoms with Gasteiger partial charge in [-0.3, -0.25) is 9.89 Å². The Balaban J connectivity index is 0.00000162. The van der Waals surface area contributed by atoms with E-state index < -0.39 is 0 Å². The van der Waals surface area contributed by atoms with Gasteiger partial charge in [0.05, 0.1) is 11.8 Å². The molecule has 1 unspecified atom stereocenters. The van der Waals surface area contributed by atoms with Crippen molar-refractivity contribution < 1.29 is 4.79 Å². The Hall–Kier alpha value is -1.07. The standard InChI is InChI=1S/C12H20N4O.ClH/c1-9-11(8-14-15-9)12(17)16(2)10-4-3-6-13-7-5-10;/h8,10,13H,3-7H2,1-2H3,(H,14,15);1H. The van der Waals surface area contributed by atoms with E-state index in [2.05, 4.69) is 15.5 Å². The molecule has 5 nitrogen and oxygen atoms in total. The van der Waals surface area contributed by atoms with E-state index >= 15 is 0 Å². The SMILES string of the molecule is Cc1[nH]ncc1C(=O)N(C)C1CCCNCC1.Cl. The summed E-state index contributed by atoms with van der Waals surface area (Å²) in [4.78, 5) is 14.1. The predicted octanol–water partition coefficient (Wildman–Crippen LogP) is 1.35. The summed E-state index contributed by atoms with van der Waals surface area (Å²) in [5.74, 6) is 0.0724. The zero-order valence-corrected chi connectivity index (χ0v) is 11.7. The van der Waals surface area contributed by atoms with Gasteiger partial charge >= 0.3 is 0 Å². The van der Waals surface area contributed by atoms with E-state index in [-0.39, 0.29) is 18.3 Å². The number of aryl methyl sites for hydroxylation is 1. The predicted molar refractivity (Wildman–Crippen MR) is 73.2 cm³/mol. The molecule has 2 rings (SSSR count). The third-order valence-electron chi connectivity index (χ3n) is 3.47. The summed E-state index contributed by atoms with van der Waals surface area (Å²) >= 11 is 0. The summed E-state index contributed by atoms with van der Waals surface area (Å²) in [5, 5.41) is 10.1. The fourth-order valence-electron chi connectivity index (χ4n) is 2.31. The van der Waals surface area contributed by atoms with Crippen molar-refractivity contribution >= 4 is 18.3 Å². The zero-order chi connectivity index (χ0) is 12.3. The number of nitrogens with one attached hydrogen (secondary N) is 2. The number of carbonyl (C=O) groups excluding carboxylic acids is 1. The highest BCUT2D eigenvalue weighted by atomic mass is 35.5. The normalized spacial score (nSPS) is 19.8. The minimum absolute atomic E-state index is 0. The first-order valence-electron chi connectivity index (χ1n) is 6.18. The zero-order valence-electron chi connectivity index (χ0n) is 10.9. The summed E-state index contributed by atoms with van der Waals surface area (Å²) in [6.07, 6.45) is 4.85. The van der Waals surface area contributed by atoms with Crippen LogP contribution in [0.4, 0.5) is 0 Å². The van der Waals surface area contributed by atoms with Crippen molar-refractivity contribution in [2.45, 2.75) is 32.2 Å². The molecule has 1 saturated heterocycles. The Morgan fingerprint density at radius 3 is 2.89 bits per heavy atom. The van der Waals surface area contributed by atoms with Gasteiger partial charge in [-0.2, -0.15) is 5.10 Å². The number of hydrogen-bond acceptors (Lipinski definition) is 3. The van der Waals surface area contributed by atoms with Crippen molar-refractivity contribution in [3.8, 4) is 0 Å². The van der Waals surface area contributed by atoms with Crippen molar-refractivity contribution in [2.75, 3.05) is 20.1 Å². The maximum atomic E-state index is 12.3. The first-order chi connectivity index (χ1) is 8.20. The average Bonchev–Trinajstić information content (AvgIpc) is 2.60. The fraction of sp³-hybridized carbons (Fsp3) is 0.667. The molecular formula is C12H21ClN4O. The number of halogens is 1. The minimum atomic E-state index is 0. The Labute approximate surface area is 114 Å². The summed E-state index contributed by atoms with van der Waals surface area (Å²) in [7, 11) is 1.89. The van der Waals surface area contributed by atoms with Crippen molar-refractivity contribution in [3.63, 3.8) is 0 Å². The van der Waals surface area contributed by atoms with Crippen LogP contribution < -0.4 is 5.32 Å². The Morgan fingerprint density at radius 1 is 1.44 bits per heavy atom. The minimum Gasteiger partial charge on any atom is -0.339 e. The van der Waals surface area contributed by atoms with Crippen LogP contribution in [-0.2, 0) is 0 Å². The molecule has 0 bridgehead atoms. The molecule has 102 valence electrons. The smallest absolute Gasteiger partial charge is 0.257 e. The van der Waals surface area contributed by atoms with Crippen molar-refractivity contribution in [2.24, 2.45) is 0 Å². The van der Waals surface area contributed by atoms with Gasteiger partial charge in [0.25, 0.3) is 5.91 Å². The van der Waals surface area contributed by atoms with Crippen LogP contribution in [0.25, 0.3) is 0 Å². The van der Waals surface area contributed by atoms with Crippen LogP contribution >= 0.6 is 12.4 Å². The van der Waals surface area contributed by atoms with Crippen LogP contribution in [0.3, 0.4) is 0 Å². The molecule has 1 amide bonds. The van der Waals surface area contributed by atoms with Gasteiger partial charge < -0.3 is 10.2 Å². The molecule has 18 heavy (non-hydrogen) atoms. The Bertz CT molecular complexity index is 385. The fourth-order valence-corrected chi connectivity index (χ4v) is 2.31.